The average Bonchev–Trinajstić information content (AvgIpc) is 2.27. The summed E-state index contributed by atoms with van der Waals surface area (Å²) in [5, 5.41) is 8.85. The van der Waals surface area contributed by atoms with Crippen LogP contribution in [0.15, 0.2) is 30.3 Å². The normalized spacial score (nSPS) is 10.6. The number of benzene rings is 1. The van der Waals surface area contributed by atoms with Gasteiger partial charge in [-0.25, -0.2) is 0 Å². The smallest absolute Gasteiger partial charge is 0.231 e. The fraction of sp³-hybridized carbons (Fsp3) is 0.417. The van der Waals surface area contributed by atoms with Gasteiger partial charge in [-0.1, -0.05) is 30.3 Å². The predicted octanol–water partition coefficient (Wildman–Crippen LogP) is 0.00870. The number of amides is 1. The topological polar surface area (TPSA) is 66.6 Å². The van der Waals surface area contributed by atoms with E-state index in [-0.39, 0.29) is 19.1 Å². The van der Waals surface area contributed by atoms with E-state index in [0.717, 1.165) is 13.0 Å². The molecule has 0 aromatic heterocycles. The molecule has 4 nitrogen and oxygen atoms in total. The molecule has 16 heavy (non-hydrogen) atoms. The number of primary amides is 1. The molecule has 0 spiro atoms. The second-order valence-electron chi connectivity index (χ2n) is 3.70. The number of nitrogens with zero attached hydrogens (tertiary/aromatic N) is 1. The molecule has 0 saturated carbocycles. The van der Waals surface area contributed by atoms with Crippen molar-refractivity contribution in [1.29, 1.82) is 0 Å². The van der Waals surface area contributed by atoms with Crippen LogP contribution in [0.25, 0.3) is 0 Å². The van der Waals surface area contributed by atoms with Gasteiger partial charge in [-0.15, -0.1) is 0 Å². The van der Waals surface area contributed by atoms with E-state index in [2.05, 4.69) is 0 Å². The molecular weight excluding hydrogens is 204 g/mol. The van der Waals surface area contributed by atoms with Gasteiger partial charge in [0.15, 0.2) is 0 Å². The van der Waals surface area contributed by atoms with Crippen molar-refractivity contribution in [3.05, 3.63) is 35.9 Å². The van der Waals surface area contributed by atoms with Crippen molar-refractivity contribution in [2.24, 2.45) is 5.73 Å². The zero-order valence-corrected chi connectivity index (χ0v) is 9.30. The van der Waals surface area contributed by atoms with Crippen molar-refractivity contribution in [2.75, 3.05) is 26.2 Å². The number of nitrogens with two attached hydrogens (primary N) is 1. The first kappa shape index (κ1) is 12.7. The fourth-order valence-electron chi connectivity index (χ4n) is 1.56. The monoisotopic (exact) mass is 222 g/mol. The quantitative estimate of drug-likeness (QED) is 0.683. The molecule has 0 bridgehead atoms. The number of carbonyl (C=O) groups is 1. The molecule has 0 aliphatic carbocycles. The number of hydrogen-bond donors (Lipinski definition) is 2. The Hall–Kier alpha value is -1.39. The van der Waals surface area contributed by atoms with Crippen molar-refractivity contribution in [3.63, 3.8) is 0 Å². The zero-order chi connectivity index (χ0) is 11.8. The lowest BCUT2D eigenvalue weighted by Gasteiger charge is -2.19. The van der Waals surface area contributed by atoms with Crippen molar-refractivity contribution < 1.29 is 9.90 Å². The minimum atomic E-state index is -0.360. The lowest BCUT2D eigenvalue weighted by molar-refractivity contribution is -0.119. The highest BCUT2D eigenvalue weighted by atomic mass is 16.3. The van der Waals surface area contributed by atoms with Crippen LogP contribution in [-0.2, 0) is 11.2 Å². The Labute approximate surface area is 95.7 Å². The second kappa shape index (κ2) is 6.98. The molecule has 0 fully saturated rings. The van der Waals surface area contributed by atoms with Crippen molar-refractivity contribution in [1.82, 2.24) is 4.90 Å². The number of aliphatic hydroxyl groups excluding tert-OH is 1. The Balaban J connectivity index is 2.40. The van der Waals surface area contributed by atoms with E-state index < -0.39 is 0 Å². The molecule has 4 heteroatoms. The molecule has 3 N–H and O–H groups in total. The average molecular weight is 222 g/mol. The lowest BCUT2D eigenvalue weighted by Crippen LogP contribution is -2.37. The maximum Gasteiger partial charge on any atom is 0.231 e. The van der Waals surface area contributed by atoms with Gasteiger partial charge in [0.1, 0.15) is 0 Å². The highest BCUT2D eigenvalue weighted by Gasteiger charge is 2.07. The van der Waals surface area contributed by atoms with E-state index in [0.29, 0.717) is 6.54 Å². The molecule has 0 radical (unpaired) electrons. The first-order chi connectivity index (χ1) is 7.72. The SMILES string of the molecule is NC(=O)CN(CCO)CCc1ccccc1. The van der Waals surface area contributed by atoms with Crippen LogP contribution in [0.2, 0.25) is 0 Å². The van der Waals surface area contributed by atoms with Gasteiger partial charge >= 0.3 is 0 Å². The van der Waals surface area contributed by atoms with E-state index in [4.69, 9.17) is 10.8 Å². The molecule has 0 saturated heterocycles. The number of rotatable bonds is 7. The molecule has 0 atom stereocenters. The van der Waals surface area contributed by atoms with Crippen LogP contribution in [-0.4, -0.2) is 42.2 Å². The second-order valence-corrected chi connectivity index (χ2v) is 3.70. The van der Waals surface area contributed by atoms with Crippen LogP contribution >= 0.6 is 0 Å². The Morgan fingerprint density at radius 1 is 1.25 bits per heavy atom. The van der Waals surface area contributed by atoms with Crippen LogP contribution in [0.4, 0.5) is 0 Å². The molecule has 1 aromatic carbocycles. The number of carbonyl (C=O) groups excluding carboxylic acids is 1. The van der Waals surface area contributed by atoms with Crippen LogP contribution in [0.1, 0.15) is 5.56 Å². The Morgan fingerprint density at radius 2 is 1.94 bits per heavy atom. The van der Waals surface area contributed by atoms with Gasteiger partial charge in [0.2, 0.25) is 5.91 Å². The van der Waals surface area contributed by atoms with E-state index in [1.54, 1.807) is 0 Å². The third-order valence-electron chi connectivity index (χ3n) is 2.36. The third kappa shape index (κ3) is 4.91. The summed E-state index contributed by atoms with van der Waals surface area (Å²) in [5.74, 6) is -0.360. The summed E-state index contributed by atoms with van der Waals surface area (Å²) >= 11 is 0. The molecule has 1 aromatic rings. The summed E-state index contributed by atoms with van der Waals surface area (Å²) in [6.45, 7) is 1.46. The summed E-state index contributed by atoms with van der Waals surface area (Å²) in [6.07, 6.45) is 0.855. The summed E-state index contributed by atoms with van der Waals surface area (Å²) in [7, 11) is 0. The summed E-state index contributed by atoms with van der Waals surface area (Å²) in [4.78, 5) is 12.7. The first-order valence-electron chi connectivity index (χ1n) is 5.38. The predicted molar refractivity (Wildman–Crippen MR) is 62.9 cm³/mol. The highest BCUT2D eigenvalue weighted by Crippen LogP contribution is 2.01. The highest BCUT2D eigenvalue weighted by molar-refractivity contribution is 5.75. The van der Waals surface area contributed by atoms with Gasteiger partial charge in [-0.2, -0.15) is 0 Å². The summed E-state index contributed by atoms with van der Waals surface area (Å²) < 4.78 is 0. The van der Waals surface area contributed by atoms with E-state index in [1.807, 2.05) is 35.2 Å². The minimum absolute atomic E-state index is 0.0437. The molecule has 0 aliphatic rings. The summed E-state index contributed by atoms with van der Waals surface area (Å²) in [6, 6.07) is 10.0. The van der Waals surface area contributed by atoms with Gasteiger partial charge in [-0.3, -0.25) is 9.69 Å². The number of hydrogen-bond acceptors (Lipinski definition) is 3. The van der Waals surface area contributed by atoms with Crippen LogP contribution in [0.3, 0.4) is 0 Å². The molecule has 1 amide bonds. The molecule has 1 rings (SSSR count). The van der Waals surface area contributed by atoms with Crippen molar-refractivity contribution in [2.45, 2.75) is 6.42 Å². The molecular formula is C12H18N2O2. The summed E-state index contributed by atoms with van der Waals surface area (Å²) in [5.41, 5.74) is 6.35. The Kier molecular flexibility index (Phi) is 5.53. The fourth-order valence-corrected chi connectivity index (χ4v) is 1.56. The van der Waals surface area contributed by atoms with Crippen LogP contribution < -0.4 is 5.73 Å². The Bertz CT molecular complexity index is 314. The lowest BCUT2D eigenvalue weighted by atomic mass is 10.1. The Morgan fingerprint density at radius 3 is 2.50 bits per heavy atom. The number of aliphatic hydroxyl groups is 1. The molecule has 0 aliphatic heterocycles. The van der Waals surface area contributed by atoms with Crippen LogP contribution in [0, 0.1) is 0 Å². The van der Waals surface area contributed by atoms with Gasteiger partial charge in [-0.05, 0) is 12.0 Å². The zero-order valence-electron chi connectivity index (χ0n) is 9.30. The van der Waals surface area contributed by atoms with Gasteiger partial charge < -0.3 is 10.8 Å². The van der Waals surface area contributed by atoms with E-state index in [1.165, 1.54) is 5.56 Å². The first-order valence-corrected chi connectivity index (χ1v) is 5.38. The van der Waals surface area contributed by atoms with Gasteiger partial charge in [0.25, 0.3) is 0 Å². The largest absolute Gasteiger partial charge is 0.395 e. The maximum absolute atomic E-state index is 10.8. The van der Waals surface area contributed by atoms with Gasteiger partial charge in [0.05, 0.1) is 13.2 Å². The van der Waals surface area contributed by atoms with Crippen molar-refractivity contribution >= 4 is 5.91 Å². The third-order valence-corrected chi connectivity index (χ3v) is 2.36. The van der Waals surface area contributed by atoms with E-state index >= 15 is 0 Å². The van der Waals surface area contributed by atoms with Gasteiger partial charge in [0, 0.05) is 13.1 Å². The van der Waals surface area contributed by atoms with E-state index in [9.17, 15) is 4.79 Å². The molecule has 0 heterocycles. The molecule has 0 unspecified atom stereocenters. The van der Waals surface area contributed by atoms with Crippen molar-refractivity contribution in [3.8, 4) is 0 Å². The maximum atomic E-state index is 10.8. The minimum Gasteiger partial charge on any atom is -0.395 e. The molecule has 88 valence electrons. The standard InChI is InChI=1S/C12H18N2O2/c13-12(16)10-14(8-9-15)7-6-11-4-2-1-3-5-11/h1-5,15H,6-10H2,(H2,13,16). The van der Waals surface area contributed by atoms with Crippen LogP contribution in [0.5, 0.6) is 0 Å².